The standard InChI is InChI=1S/C16H19ClO/c1-16(18)14-12-10-8-6-4-2-3-5-7-9-11-13-15-17/h4,6,9,11,13,15-16,18H,8,10,12,14H2,1H3/b6-4-,11-9+,15-13-/t16-/m0/s1. The molecule has 0 aromatic rings. The number of aliphatic hydroxyl groups excluding tert-OH is 1. The lowest BCUT2D eigenvalue weighted by molar-refractivity contribution is 0.181. The number of aliphatic hydroxyl groups is 1. The summed E-state index contributed by atoms with van der Waals surface area (Å²) >= 11 is 5.32. The highest BCUT2D eigenvalue weighted by molar-refractivity contribution is 6.25. The largest absolute Gasteiger partial charge is 0.393 e. The molecule has 0 aliphatic rings. The zero-order chi connectivity index (χ0) is 13.5. The van der Waals surface area contributed by atoms with Crippen LogP contribution in [0.3, 0.4) is 0 Å². The minimum Gasteiger partial charge on any atom is -0.393 e. The van der Waals surface area contributed by atoms with E-state index in [9.17, 15) is 0 Å². The van der Waals surface area contributed by atoms with Gasteiger partial charge in [0.25, 0.3) is 0 Å². The fourth-order valence-electron chi connectivity index (χ4n) is 1.15. The van der Waals surface area contributed by atoms with Gasteiger partial charge in [0.15, 0.2) is 0 Å². The third kappa shape index (κ3) is 14.6. The molecule has 0 aromatic heterocycles. The van der Waals surface area contributed by atoms with Crippen LogP contribution < -0.4 is 0 Å². The molecule has 0 rings (SSSR count). The molecule has 0 spiro atoms. The Balaban J connectivity index is 3.63. The van der Waals surface area contributed by atoms with Crippen molar-refractivity contribution >= 4 is 11.6 Å². The minimum absolute atomic E-state index is 0.189. The van der Waals surface area contributed by atoms with E-state index in [4.69, 9.17) is 16.7 Å². The molecule has 0 heterocycles. The predicted octanol–water partition coefficient (Wildman–Crippen LogP) is 3.80. The maximum atomic E-state index is 9.06. The summed E-state index contributed by atoms with van der Waals surface area (Å²) in [5.41, 5.74) is 1.42. The van der Waals surface area contributed by atoms with Crippen molar-refractivity contribution in [2.75, 3.05) is 0 Å². The zero-order valence-electron chi connectivity index (χ0n) is 10.7. The molecular weight excluding hydrogens is 244 g/mol. The average Bonchev–Trinajstić information content (AvgIpc) is 2.34. The quantitative estimate of drug-likeness (QED) is 0.439. The maximum Gasteiger partial charge on any atom is 0.0512 e. The molecular formula is C16H19ClO. The number of halogens is 1. The van der Waals surface area contributed by atoms with Gasteiger partial charge in [0.1, 0.15) is 0 Å². The van der Waals surface area contributed by atoms with Gasteiger partial charge in [0.05, 0.1) is 6.10 Å². The van der Waals surface area contributed by atoms with Crippen molar-refractivity contribution in [2.45, 2.75) is 38.7 Å². The Morgan fingerprint density at radius 2 is 1.83 bits per heavy atom. The first kappa shape index (κ1) is 16.6. The molecule has 2 heteroatoms. The summed E-state index contributed by atoms with van der Waals surface area (Å²) in [5, 5.41) is 9.06. The molecule has 0 saturated heterocycles. The van der Waals surface area contributed by atoms with Crippen molar-refractivity contribution < 1.29 is 5.11 Å². The molecule has 0 bridgehead atoms. The smallest absolute Gasteiger partial charge is 0.0512 e. The Morgan fingerprint density at radius 1 is 1.11 bits per heavy atom. The van der Waals surface area contributed by atoms with Gasteiger partial charge >= 0.3 is 0 Å². The molecule has 0 aliphatic heterocycles. The van der Waals surface area contributed by atoms with E-state index in [1.54, 1.807) is 18.2 Å². The van der Waals surface area contributed by atoms with Gasteiger partial charge in [-0.1, -0.05) is 48.1 Å². The summed E-state index contributed by atoms with van der Waals surface area (Å²) < 4.78 is 0. The number of unbranched alkanes of at least 4 members (excludes halogenated alkanes) is 2. The van der Waals surface area contributed by atoms with Crippen LogP contribution in [-0.2, 0) is 0 Å². The monoisotopic (exact) mass is 262 g/mol. The van der Waals surface area contributed by atoms with Crippen molar-refractivity contribution in [1.82, 2.24) is 0 Å². The van der Waals surface area contributed by atoms with Crippen molar-refractivity contribution in [3.63, 3.8) is 0 Å². The molecule has 0 unspecified atom stereocenters. The molecule has 1 N–H and O–H groups in total. The molecule has 0 radical (unpaired) electrons. The van der Waals surface area contributed by atoms with Gasteiger partial charge in [-0.15, -0.1) is 0 Å². The molecule has 0 fully saturated rings. The average molecular weight is 263 g/mol. The molecule has 1 nitrogen and oxygen atoms in total. The highest BCUT2D eigenvalue weighted by Crippen LogP contribution is 2.03. The van der Waals surface area contributed by atoms with Crippen LogP contribution >= 0.6 is 11.6 Å². The van der Waals surface area contributed by atoms with Crippen LogP contribution in [0.25, 0.3) is 0 Å². The van der Waals surface area contributed by atoms with E-state index in [1.165, 1.54) is 5.54 Å². The van der Waals surface area contributed by atoms with E-state index >= 15 is 0 Å². The van der Waals surface area contributed by atoms with E-state index in [-0.39, 0.29) is 6.10 Å². The second-order valence-electron chi connectivity index (χ2n) is 3.75. The fourth-order valence-corrected chi connectivity index (χ4v) is 1.23. The lowest BCUT2D eigenvalue weighted by Gasteiger charge is -2.00. The molecule has 1 atom stereocenters. The number of rotatable bonds is 6. The van der Waals surface area contributed by atoms with Crippen LogP contribution in [0.5, 0.6) is 0 Å². The van der Waals surface area contributed by atoms with Crippen LogP contribution in [0, 0.1) is 23.7 Å². The molecule has 0 saturated carbocycles. The summed E-state index contributed by atoms with van der Waals surface area (Å²) in [5.74, 6) is 11.0. The van der Waals surface area contributed by atoms with Gasteiger partial charge < -0.3 is 5.11 Å². The zero-order valence-corrected chi connectivity index (χ0v) is 11.5. The van der Waals surface area contributed by atoms with E-state index in [1.807, 2.05) is 19.1 Å². The number of hydrogen-bond donors (Lipinski definition) is 1. The molecule has 96 valence electrons. The van der Waals surface area contributed by atoms with Gasteiger partial charge in [-0.2, -0.15) is 0 Å². The van der Waals surface area contributed by atoms with E-state index in [2.05, 4.69) is 23.7 Å². The molecule has 0 amide bonds. The Bertz CT molecular complexity index is 394. The van der Waals surface area contributed by atoms with Crippen molar-refractivity contribution in [3.8, 4) is 23.7 Å². The first-order chi connectivity index (χ1) is 8.77. The fraction of sp³-hybridized carbons (Fsp3) is 0.375. The van der Waals surface area contributed by atoms with Crippen LogP contribution in [0.2, 0.25) is 0 Å². The summed E-state index contributed by atoms with van der Waals surface area (Å²) in [6, 6.07) is 0. The van der Waals surface area contributed by atoms with Crippen LogP contribution in [0.15, 0.2) is 35.9 Å². The summed E-state index contributed by atoms with van der Waals surface area (Å²) in [6.07, 6.45) is 12.8. The van der Waals surface area contributed by atoms with Crippen molar-refractivity contribution in [2.24, 2.45) is 0 Å². The SMILES string of the molecule is C[C@H](O)CCCC/C=C\C#CC#C/C=C/C=C\Cl. The molecule has 18 heavy (non-hydrogen) atoms. The maximum absolute atomic E-state index is 9.06. The van der Waals surface area contributed by atoms with Crippen molar-refractivity contribution in [1.29, 1.82) is 0 Å². The van der Waals surface area contributed by atoms with Crippen LogP contribution in [0.1, 0.15) is 32.6 Å². The van der Waals surface area contributed by atoms with E-state index in [0.717, 1.165) is 25.7 Å². The second-order valence-corrected chi connectivity index (χ2v) is 4.00. The van der Waals surface area contributed by atoms with Gasteiger partial charge in [0, 0.05) is 5.54 Å². The van der Waals surface area contributed by atoms with E-state index in [0.29, 0.717) is 0 Å². The third-order valence-corrected chi connectivity index (χ3v) is 2.16. The van der Waals surface area contributed by atoms with E-state index < -0.39 is 0 Å². The van der Waals surface area contributed by atoms with Gasteiger partial charge in [-0.25, -0.2) is 0 Å². The normalized spacial score (nSPS) is 12.4. The lowest BCUT2D eigenvalue weighted by Crippen LogP contribution is -1.97. The minimum atomic E-state index is -0.189. The molecule has 0 aromatic carbocycles. The summed E-state index contributed by atoms with van der Waals surface area (Å²) in [4.78, 5) is 0. The summed E-state index contributed by atoms with van der Waals surface area (Å²) in [7, 11) is 0. The van der Waals surface area contributed by atoms with Gasteiger partial charge in [0.2, 0.25) is 0 Å². The first-order valence-corrected chi connectivity index (χ1v) is 6.47. The van der Waals surface area contributed by atoms with Crippen LogP contribution in [-0.4, -0.2) is 11.2 Å². The molecule has 0 aliphatic carbocycles. The Hall–Kier alpha value is -1.41. The Morgan fingerprint density at radius 3 is 2.50 bits per heavy atom. The first-order valence-electron chi connectivity index (χ1n) is 6.03. The third-order valence-electron chi connectivity index (χ3n) is 2.01. The second kappa shape index (κ2) is 13.7. The predicted molar refractivity (Wildman–Crippen MR) is 79.0 cm³/mol. The summed E-state index contributed by atoms with van der Waals surface area (Å²) in [6.45, 7) is 1.82. The van der Waals surface area contributed by atoms with Gasteiger partial charge in [-0.05, 0) is 50.2 Å². The van der Waals surface area contributed by atoms with Gasteiger partial charge in [-0.3, -0.25) is 0 Å². The number of allylic oxidation sites excluding steroid dienone is 5. The lowest BCUT2D eigenvalue weighted by atomic mass is 10.1. The Kier molecular flexibility index (Phi) is 12.6. The number of hydrogen-bond acceptors (Lipinski definition) is 1. The topological polar surface area (TPSA) is 20.2 Å². The van der Waals surface area contributed by atoms with Crippen LogP contribution in [0.4, 0.5) is 0 Å². The van der Waals surface area contributed by atoms with Crippen molar-refractivity contribution in [3.05, 3.63) is 35.9 Å². The highest BCUT2D eigenvalue weighted by atomic mass is 35.5. The Labute approximate surface area is 115 Å². The highest BCUT2D eigenvalue weighted by Gasteiger charge is 1.93.